The molecule has 0 aliphatic rings. The van der Waals surface area contributed by atoms with Crippen LogP contribution in [0.5, 0.6) is 0 Å². The van der Waals surface area contributed by atoms with Crippen molar-refractivity contribution in [2.45, 2.75) is 6.18 Å². The highest BCUT2D eigenvalue weighted by atomic mass is 19.4. The fourth-order valence-corrected chi connectivity index (χ4v) is 1.90. The fraction of sp³-hybridized carbons (Fsp3) is 0.125. The van der Waals surface area contributed by atoms with Crippen LogP contribution in [0.1, 0.15) is 15.9 Å². The fourth-order valence-electron chi connectivity index (χ4n) is 1.90. The van der Waals surface area contributed by atoms with Crippen LogP contribution in [0.25, 0.3) is 0 Å². The summed E-state index contributed by atoms with van der Waals surface area (Å²) in [6.07, 6.45) is -4.52. The number of hydrogen-bond donors (Lipinski definition) is 2. The topological polar surface area (TPSA) is 58.2 Å². The maximum Gasteiger partial charge on any atom is 0.416 e. The van der Waals surface area contributed by atoms with Crippen LogP contribution in [-0.2, 0) is 11.0 Å². The molecule has 0 atom stereocenters. The molecule has 4 nitrogen and oxygen atoms in total. The van der Waals surface area contributed by atoms with Gasteiger partial charge in [-0.2, -0.15) is 13.2 Å². The minimum absolute atomic E-state index is 0.0382. The van der Waals surface area contributed by atoms with E-state index in [1.807, 2.05) is 5.32 Å². The van der Waals surface area contributed by atoms with Gasteiger partial charge in [0.05, 0.1) is 17.7 Å². The van der Waals surface area contributed by atoms with Crippen LogP contribution in [-0.4, -0.2) is 18.4 Å². The summed E-state index contributed by atoms with van der Waals surface area (Å²) in [4.78, 5) is 23.4. The Kier molecular flexibility index (Phi) is 5.53. The average Bonchev–Trinajstić information content (AvgIpc) is 2.57. The van der Waals surface area contributed by atoms with E-state index in [2.05, 4.69) is 5.32 Å². The highest BCUT2D eigenvalue weighted by molar-refractivity contribution is 5.99. The summed E-state index contributed by atoms with van der Waals surface area (Å²) in [5, 5.41) is 4.20. The van der Waals surface area contributed by atoms with Gasteiger partial charge in [-0.3, -0.25) is 9.59 Å². The second-order valence-electron chi connectivity index (χ2n) is 5.03. The van der Waals surface area contributed by atoms with Crippen LogP contribution in [0.4, 0.5) is 32.0 Å². The predicted molar refractivity (Wildman–Crippen MR) is 78.7 cm³/mol. The first-order valence-corrected chi connectivity index (χ1v) is 6.98. The smallest absolute Gasteiger partial charge is 0.343 e. The quantitative estimate of drug-likeness (QED) is 0.634. The van der Waals surface area contributed by atoms with Crippen molar-refractivity contribution in [2.24, 2.45) is 0 Å². The van der Waals surface area contributed by atoms with E-state index in [1.165, 1.54) is 0 Å². The minimum atomic E-state index is -4.52. The van der Waals surface area contributed by atoms with E-state index < -0.39 is 53.1 Å². The van der Waals surface area contributed by atoms with Gasteiger partial charge in [0, 0.05) is 5.69 Å². The highest BCUT2D eigenvalue weighted by Crippen LogP contribution is 2.29. The largest absolute Gasteiger partial charge is 0.416 e. The van der Waals surface area contributed by atoms with Crippen LogP contribution in [0, 0.1) is 17.5 Å². The van der Waals surface area contributed by atoms with Gasteiger partial charge in [0.1, 0.15) is 0 Å². The number of carbonyl (C=O) groups excluding carboxylic acids is 2. The second kappa shape index (κ2) is 7.46. The third-order valence-electron chi connectivity index (χ3n) is 3.19. The van der Waals surface area contributed by atoms with E-state index >= 15 is 0 Å². The van der Waals surface area contributed by atoms with Crippen molar-refractivity contribution < 1.29 is 35.9 Å². The van der Waals surface area contributed by atoms with Gasteiger partial charge in [0.15, 0.2) is 17.5 Å². The van der Waals surface area contributed by atoms with Crippen LogP contribution >= 0.6 is 0 Å². The third-order valence-corrected chi connectivity index (χ3v) is 3.19. The molecule has 0 spiro atoms. The Morgan fingerprint density at radius 2 is 1.50 bits per heavy atom. The molecule has 26 heavy (non-hydrogen) atoms. The normalized spacial score (nSPS) is 11.2. The zero-order valence-electron chi connectivity index (χ0n) is 12.8. The number of amides is 2. The van der Waals surface area contributed by atoms with Crippen molar-refractivity contribution in [1.29, 1.82) is 0 Å². The molecule has 0 fully saturated rings. The number of halogens is 6. The summed E-state index contributed by atoms with van der Waals surface area (Å²) in [7, 11) is 0. The second-order valence-corrected chi connectivity index (χ2v) is 5.03. The number of anilines is 1. The minimum Gasteiger partial charge on any atom is -0.343 e. The Morgan fingerprint density at radius 3 is 2.08 bits per heavy atom. The molecule has 0 heterocycles. The Hall–Kier alpha value is -3.04. The standard InChI is InChI=1S/C16H10F6N2O2/c17-11-6-5-10(13(18)14(11)19)15(26)23-7-12(25)24-9-3-1-8(2-4-9)16(20,21)22/h1-6H,7H2,(H,23,26)(H,24,25). The van der Waals surface area contributed by atoms with Crippen LogP contribution in [0.15, 0.2) is 36.4 Å². The number of alkyl halides is 3. The molecule has 2 N–H and O–H groups in total. The molecule has 2 amide bonds. The molecule has 0 bridgehead atoms. The molecule has 0 aliphatic carbocycles. The molecule has 10 heteroatoms. The molecule has 0 aromatic heterocycles. The van der Waals surface area contributed by atoms with Crippen molar-refractivity contribution in [3.05, 3.63) is 65.0 Å². The molecular weight excluding hydrogens is 366 g/mol. The van der Waals surface area contributed by atoms with E-state index in [-0.39, 0.29) is 5.69 Å². The predicted octanol–water partition coefficient (Wildman–Crippen LogP) is 3.49. The van der Waals surface area contributed by atoms with Crippen molar-refractivity contribution in [3.8, 4) is 0 Å². The van der Waals surface area contributed by atoms with Gasteiger partial charge in [-0.25, -0.2) is 13.2 Å². The zero-order valence-corrected chi connectivity index (χ0v) is 12.8. The van der Waals surface area contributed by atoms with Gasteiger partial charge >= 0.3 is 6.18 Å². The van der Waals surface area contributed by atoms with Crippen molar-refractivity contribution >= 4 is 17.5 Å². The van der Waals surface area contributed by atoms with Crippen molar-refractivity contribution in [2.75, 3.05) is 11.9 Å². The van der Waals surface area contributed by atoms with E-state index in [0.717, 1.165) is 24.3 Å². The molecule has 0 radical (unpaired) electrons. The highest BCUT2D eigenvalue weighted by Gasteiger charge is 2.30. The average molecular weight is 376 g/mol. The Labute approximate surface area is 142 Å². The third kappa shape index (κ3) is 4.52. The molecule has 138 valence electrons. The molecular formula is C16H10F6N2O2. The number of benzene rings is 2. The van der Waals surface area contributed by atoms with Crippen molar-refractivity contribution in [1.82, 2.24) is 5.32 Å². The van der Waals surface area contributed by atoms with Crippen LogP contribution < -0.4 is 10.6 Å². The van der Waals surface area contributed by atoms with E-state index in [9.17, 15) is 35.9 Å². The van der Waals surface area contributed by atoms with Gasteiger partial charge in [0.25, 0.3) is 5.91 Å². The molecule has 2 aromatic rings. The van der Waals surface area contributed by atoms with Gasteiger partial charge in [-0.15, -0.1) is 0 Å². The first-order valence-electron chi connectivity index (χ1n) is 6.98. The van der Waals surface area contributed by atoms with Gasteiger partial charge in [-0.05, 0) is 36.4 Å². The lowest BCUT2D eigenvalue weighted by atomic mass is 10.2. The molecule has 2 aromatic carbocycles. The Morgan fingerprint density at radius 1 is 0.885 bits per heavy atom. The van der Waals surface area contributed by atoms with Crippen LogP contribution in [0.3, 0.4) is 0 Å². The number of carbonyl (C=O) groups is 2. The lowest BCUT2D eigenvalue weighted by Crippen LogP contribution is -2.33. The Balaban J connectivity index is 1.95. The number of nitrogens with one attached hydrogen (secondary N) is 2. The lowest BCUT2D eigenvalue weighted by molar-refractivity contribution is -0.137. The molecule has 2 rings (SSSR count). The van der Waals surface area contributed by atoms with Crippen LogP contribution in [0.2, 0.25) is 0 Å². The summed E-state index contributed by atoms with van der Waals surface area (Å²) in [5.74, 6) is -6.98. The molecule has 0 saturated heterocycles. The zero-order chi connectivity index (χ0) is 19.5. The Bertz CT molecular complexity index is 834. The first-order chi connectivity index (χ1) is 12.1. The molecule has 0 saturated carbocycles. The number of rotatable bonds is 4. The molecule has 0 aliphatic heterocycles. The summed E-state index contributed by atoms with van der Waals surface area (Å²) in [6, 6.07) is 4.79. The lowest BCUT2D eigenvalue weighted by Gasteiger charge is -2.10. The van der Waals surface area contributed by atoms with Gasteiger partial charge < -0.3 is 10.6 Å². The SMILES string of the molecule is O=C(CNC(=O)c1ccc(F)c(F)c1F)Nc1ccc(C(F)(F)F)cc1. The van der Waals surface area contributed by atoms with E-state index in [4.69, 9.17) is 0 Å². The summed E-state index contributed by atoms with van der Waals surface area (Å²) < 4.78 is 76.6. The van der Waals surface area contributed by atoms with Crippen molar-refractivity contribution in [3.63, 3.8) is 0 Å². The van der Waals surface area contributed by atoms with Gasteiger partial charge in [-0.1, -0.05) is 0 Å². The monoisotopic (exact) mass is 376 g/mol. The van der Waals surface area contributed by atoms with Gasteiger partial charge in [0.2, 0.25) is 5.91 Å². The maximum absolute atomic E-state index is 13.5. The summed E-state index contributed by atoms with van der Waals surface area (Å²) >= 11 is 0. The first kappa shape index (κ1) is 19.3. The maximum atomic E-state index is 13.5. The molecule has 0 unspecified atom stereocenters. The number of hydrogen-bond acceptors (Lipinski definition) is 2. The van der Waals surface area contributed by atoms with E-state index in [1.54, 1.807) is 0 Å². The summed E-state index contributed by atoms with van der Waals surface area (Å²) in [5.41, 5.74) is -1.67. The summed E-state index contributed by atoms with van der Waals surface area (Å²) in [6.45, 7) is -0.668. The van der Waals surface area contributed by atoms with E-state index in [0.29, 0.717) is 12.1 Å².